The van der Waals surface area contributed by atoms with Gasteiger partial charge >= 0.3 is 0 Å². The number of phenolic OH excluding ortho intramolecular Hbond substituents is 1. The van der Waals surface area contributed by atoms with Crippen molar-refractivity contribution in [3.05, 3.63) is 72.1 Å². The molecule has 0 amide bonds. The molecule has 32 heavy (non-hydrogen) atoms. The Morgan fingerprint density at radius 1 is 1.09 bits per heavy atom. The lowest BCUT2D eigenvalue weighted by molar-refractivity contribution is 0.472. The number of aromatic hydroxyl groups is 1. The Morgan fingerprint density at radius 2 is 1.91 bits per heavy atom. The molecule has 0 saturated heterocycles. The van der Waals surface area contributed by atoms with Crippen LogP contribution in [0.4, 0.5) is 10.3 Å². The lowest BCUT2D eigenvalue weighted by Crippen LogP contribution is -2.36. The van der Waals surface area contributed by atoms with Crippen molar-refractivity contribution in [1.29, 1.82) is 0 Å². The second-order valence-corrected chi connectivity index (χ2v) is 8.12. The number of anilines is 1. The summed E-state index contributed by atoms with van der Waals surface area (Å²) in [6.07, 6.45) is 5.37. The van der Waals surface area contributed by atoms with Crippen LogP contribution in [0.3, 0.4) is 0 Å². The summed E-state index contributed by atoms with van der Waals surface area (Å²) in [5.74, 6) is 1.45. The molecule has 8 heteroatoms. The molecule has 3 heterocycles. The predicted molar refractivity (Wildman–Crippen MR) is 120 cm³/mol. The fourth-order valence-electron chi connectivity index (χ4n) is 4.48. The summed E-state index contributed by atoms with van der Waals surface area (Å²) >= 11 is 0. The molecule has 1 aliphatic heterocycles. The quantitative estimate of drug-likeness (QED) is 0.497. The number of nitrogens with zero attached hydrogens (tertiary/aromatic N) is 6. The molecule has 1 atom stereocenters. The van der Waals surface area contributed by atoms with Crippen molar-refractivity contribution < 1.29 is 9.50 Å². The molecular formula is C24H25FN6O. The molecule has 0 spiro atoms. The van der Waals surface area contributed by atoms with E-state index in [9.17, 15) is 9.50 Å². The van der Waals surface area contributed by atoms with E-state index >= 15 is 0 Å². The zero-order valence-electron chi connectivity index (χ0n) is 18.1. The zero-order valence-corrected chi connectivity index (χ0v) is 18.1. The molecule has 0 aliphatic carbocycles. The van der Waals surface area contributed by atoms with Crippen LogP contribution >= 0.6 is 0 Å². The fourth-order valence-corrected chi connectivity index (χ4v) is 4.48. The van der Waals surface area contributed by atoms with Crippen LogP contribution in [0.2, 0.25) is 0 Å². The average molecular weight is 433 g/mol. The zero-order chi connectivity index (χ0) is 22.2. The number of aromatic nitrogens is 5. The van der Waals surface area contributed by atoms with E-state index in [0.29, 0.717) is 5.69 Å². The fraction of sp³-hybridized carbons (Fsp3) is 0.292. The predicted octanol–water partition coefficient (Wildman–Crippen LogP) is 4.65. The first-order valence-electron chi connectivity index (χ1n) is 10.8. The molecule has 7 nitrogen and oxygen atoms in total. The van der Waals surface area contributed by atoms with Crippen molar-refractivity contribution in [3.63, 3.8) is 0 Å². The van der Waals surface area contributed by atoms with Crippen LogP contribution in [-0.4, -0.2) is 36.0 Å². The molecular weight excluding hydrogens is 407 g/mol. The van der Waals surface area contributed by atoms with Crippen molar-refractivity contribution in [2.45, 2.75) is 39.3 Å². The monoisotopic (exact) mass is 432 g/mol. The van der Waals surface area contributed by atoms with Crippen molar-refractivity contribution in [2.75, 3.05) is 11.4 Å². The molecule has 4 aromatic rings. The van der Waals surface area contributed by atoms with Crippen LogP contribution in [0.1, 0.15) is 37.1 Å². The molecule has 0 saturated carbocycles. The third-order valence-corrected chi connectivity index (χ3v) is 6.01. The molecule has 1 unspecified atom stereocenters. The number of halogens is 1. The molecule has 2 aromatic heterocycles. The summed E-state index contributed by atoms with van der Waals surface area (Å²) in [6, 6.07) is 12.3. The molecule has 1 aliphatic rings. The second kappa shape index (κ2) is 8.11. The maximum Gasteiger partial charge on any atom is 0.228 e. The maximum absolute atomic E-state index is 13.4. The van der Waals surface area contributed by atoms with Gasteiger partial charge < -0.3 is 14.6 Å². The largest absolute Gasteiger partial charge is 0.506 e. The summed E-state index contributed by atoms with van der Waals surface area (Å²) in [5, 5.41) is 19.6. The van der Waals surface area contributed by atoms with Gasteiger partial charge in [-0.15, -0.1) is 10.2 Å². The van der Waals surface area contributed by atoms with E-state index in [0.717, 1.165) is 54.5 Å². The molecule has 1 N–H and O–H groups in total. The van der Waals surface area contributed by atoms with E-state index in [1.54, 1.807) is 17.0 Å². The minimum atomic E-state index is -0.234. The molecule has 0 fully saturated rings. The number of benzene rings is 2. The highest BCUT2D eigenvalue weighted by Crippen LogP contribution is 2.35. The van der Waals surface area contributed by atoms with Gasteiger partial charge in [0.25, 0.3) is 0 Å². The summed E-state index contributed by atoms with van der Waals surface area (Å²) in [5.41, 5.74) is 3.41. The summed E-state index contributed by atoms with van der Waals surface area (Å²) < 4.78 is 17.3. The number of fused-ring (bicyclic) bond motifs is 1. The van der Waals surface area contributed by atoms with Crippen LogP contribution in [-0.2, 0) is 6.54 Å². The van der Waals surface area contributed by atoms with Crippen LogP contribution in [0.15, 0.2) is 55.0 Å². The third-order valence-electron chi connectivity index (χ3n) is 6.01. The van der Waals surface area contributed by atoms with E-state index in [1.165, 1.54) is 12.1 Å². The molecule has 0 bridgehead atoms. The van der Waals surface area contributed by atoms with Crippen LogP contribution in [0.25, 0.3) is 17.1 Å². The van der Waals surface area contributed by atoms with E-state index in [-0.39, 0.29) is 17.6 Å². The van der Waals surface area contributed by atoms with E-state index in [1.807, 2.05) is 37.4 Å². The number of imidazole rings is 1. The van der Waals surface area contributed by atoms with E-state index in [4.69, 9.17) is 0 Å². The molecule has 2 aromatic carbocycles. The third kappa shape index (κ3) is 3.51. The summed E-state index contributed by atoms with van der Waals surface area (Å²) in [4.78, 5) is 6.47. The van der Waals surface area contributed by atoms with Crippen molar-refractivity contribution in [1.82, 2.24) is 24.3 Å². The normalized spacial score (nSPS) is 14.4. The van der Waals surface area contributed by atoms with Crippen LogP contribution < -0.4 is 4.90 Å². The van der Waals surface area contributed by atoms with Crippen molar-refractivity contribution in [2.24, 2.45) is 0 Å². The highest BCUT2D eigenvalue weighted by atomic mass is 19.1. The van der Waals surface area contributed by atoms with Crippen molar-refractivity contribution >= 4 is 5.95 Å². The Balaban J connectivity index is 1.49. The average Bonchev–Trinajstić information content (AvgIpc) is 3.42. The lowest BCUT2D eigenvalue weighted by Gasteiger charge is -2.35. The molecule has 5 rings (SSSR count). The standard InChI is InChI=1S/C24H25FN6O/c1-3-20(17-5-8-19(25)9-6-17)30-11-4-12-31-23(27-28-24(30)31)18-7-10-21(22(32)13-18)29-14-16(2)26-15-29/h5-10,13-15,20,32H,3-4,11-12H2,1-2H3. The van der Waals surface area contributed by atoms with Gasteiger partial charge in [0.15, 0.2) is 5.82 Å². The minimum Gasteiger partial charge on any atom is -0.506 e. The number of hydrogen-bond acceptors (Lipinski definition) is 5. The molecule has 164 valence electrons. The number of aryl methyl sites for hydroxylation is 1. The Hall–Kier alpha value is -3.68. The smallest absolute Gasteiger partial charge is 0.228 e. The van der Waals surface area contributed by atoms with Gasteiger partial charge in [0.1, 0.15) is 11.6 Å². The summed E-state index contributed by atoms with van der Waals surface area (Å²) in [7, 11) is 0. The maximum atomic E-state index is 13.4. The number of rotatable bonds is 5. The van der Waals surface area contributed by atoms with Gasteiger partial charge in [0.2, 0.25) is 5.95 Å². The first-order valence-corrected chi connectivity index (χ1v) is 10.8. The van der Waals surface area contributed by atoms with Gasteiger partial charge in [-0.25, -0.2) is 9.37 Å². The van der Waals surface area contributed by atoms with E-state index in [2.05, 4.69) is 31.6 Å². The number of phenols is 1. The lowest BCUT2D eigenvalue weighted by atomic mass is 10.0. The Labute approximate surface area is 185 Å². The Morgan fingerprint density at radius 3 is 2.59 bits per heavy atom. The highest BCUT2D eigenvalue weighted by Gasteiger charge is 2.29. The highest BCUT2D eigenvalue weighted by molar-refractivity contribution is 5.64. The Bertz CT molecular complexity index is 1250. The van der Waals surface area contributed by atoms with E-state index < -0.39 is 0 Å². The topological polar surface area (TPSA) is 72.0 Å². The number of hydrogen-bond donors (Lipinski definition) is 1. The van der Waals surface area contributed by atoms with Crippen LogP contribution in [0.5, 0.6) is 5.75 Å². The van der Waals surface area contributed by atoms with Gasteiger partial charge in [0, 0.05) is 24.8 Å². The van der Waals surface area contributed by atoms with Gasteiger partial charge in [-0.3, -0.25) is 4.57 Å². The first-order chi connectivity index (χ1) is 15.5. The van der Waals surface area contributed by atoms with Gasteiger partial charge in [0.05, 0.1) is 23.8 Å². The second-order valence-electron chi connectivity index (χ2n) is 8.12. The van der Waals surface area contributed by atoms with Crippen LogP contribution in [0, 0.1) is 12.7 Å². The SMILES string of the molecule is CCC(c1ccc(F)cc1)N1CCCn2c(-c3ccc(-n4cnc(C)c4)c(O)c3)nnc21. The van der Waals surface area contributed by atoms with Crippen molar-refractivity contribution in [3.8, 4) is 22.8 Å². The first kappa shape index (κ1) is 20.2. The summed E-state index contributed by atoms with van der Waals surface area (Å²) in [6.45, 7) is 5.69. The van der Waals surface area contributed by atoms with Gasteiger partial charge in [-0.1, -0.05) is 19.1 Å². The van der Waals surface area contributed by atoms with Gasteiger partial charge in [-0.2, -0.15) is 0 Å². The van der Waals surface area contributed by atoms with Gasteiger partial charge in [-0.05, 0) is 55.7 Å². The molecule has 0 radical (unpaired) electrons. The Kier molecular flexibility index (Phi) is 5.13. The minimum absolute atomic E-state index is 0.0898.